The lowest BCUT2D eigenvalue weighted by molar-refractivity contribution is 0.0995. The number of Topliss-reactive ketones (excluding diaryl/α,β-unsaturated/α-hetero) is 1. The van der Waals surface area contributed by atoms with Crippen molar-refractivity contribution in [2.75, 3.05) is 14.2 Å². The van der Waals surface area contributed by atoms with Gasteiger partial charge in [-0.25, -0.2) is 0 Å². The second kappa shape index (κ2) is 5.13. The van der Waals surface area contributed by atoms with Crippen molar-refractivity contribution in [2.45, 2.75) is 3.79 Å². The van der Waals surface area contributed by atoms with Crippen molar-refractivity contribution in [3.05, 3.63) is 23.8 Å². The van der Waals surface area contributed by atoms with Crippen LogP contribution in [-0.4, -0.2) is 23.8 Å². The van der Waals surface area contributed by atoms with Crippen LogP contribution in [0.15, 0.2) is 18.2 Å². The van der Waals surface area contributed by atoms with E-state index in [1.165, 1.54) is 26.4 Å². The fourth-order valence-electron chi connectivity index (χ4n) is 1.10. The molecule has 0 aliphatic carbocycles. The molecule has 0 aromatic heterocycles. The van der Waals surface area contributed by atoms with Crippen LogP contribution < -0.4 is 9.47 Å². The predicted octanol–water partition coefficient (Wildman–Crippen LogP) is 3.26. The van der Waals surface area contributed by atoms with E-state index in [-0.39, 0.29) is 5.56 Å². The minimum Gasteiger partial charge on any atom is -0.497 e. The van der Waals surface area contributed by atoms with E-state index < -0.39 is 9.58 Å². The molecule has 1 aromatic rings. The fraction of sp³-hybridized carbons (Fsp3) is 0.300. The van der Waals surface area contributed by atoms with E-state index in [0.717, 1.165) is 0 Å². The third-order valence-electron chi connectivity index (χ3n) is 1.87. The molecule has 0 N–H and O–H groups in total. The molecule has 0 amide bonds. The van der Waals surface area contributed by atoms with Gasteiger partial charge in [0.2, 0.25) is 5.78 Å². The Hall–Kier alpha value is -0.640. The van der Waals surface area contributed by atoms with Gasteiger partial charge in [-0.05, 0) is 12.1 Å². The second-order valence-electron chi connectivity index (χ2n) is 2.93. The van der Waals surface area contributed by atoms with Gasteiger partial charge in [0.25, 0.3) is 3.79 Å². The van der Waals surface area contributed by atoms with Crippen LogP contribution in [0.3, 0.4) is 0 Å². The van der Waals surface area contributed by atoms with Gasteiger partial charge in [0.05, 0.1) is 14.2 Å². The lowest BCUT2D eigenvalue weighted by atomic mass is 10.1. The molecule has 0 bridgehead atoms. The van der Waals surface area contributed by atoms with Crippen LogP contribution in [0.1, 0.15) is 10.4 Å². The highest BCUT2D eigenvalue weighted by molar-refractivity contribution is 6.77. The first-order valence-electron chi connectivity index (χ1n) is 4.23. The van der Waals surface area contributed by atoms with Gasteiger partial charge in [0.15, 0.2) is 0 Å². The molecular weight excluding hydrogens is 274 g/mol. The molecule has 0 radical (unpaired) electrons. The van der Waals surface area contributed by atoms with Crippen molar-refractivity contribution >= 4 is 40.6 Å². The third kappa shape index (κ3) is 3.17. The van der Waals surface area contributed by atoms with Crippen LogP contribution in [0.5, 0.6) is 11.5 Å². The highest BCUT2D eigenvalue weighted by Gasteiger charge is 2.32. The van der Waals surface area contributed by atoms with Gasteiger partial charge in [0, 0.05) is 11.6 Å². The van der Waals surface area contributed by atoms with Crippen molar-refractivity contribution in [1.29, 1.82) is 0 Å². The third-order valence-corrected chi connectivity index (χ3v) is 2.39. The van der Waals surface area contributed by atoms with E-state index in [9.17, 15) is 4.79 Å². The molecule has 0 saturated heterocycles. The van der Waals surface area contributed by atoms with E-state index in [2.05, 4.69) is 0 Å². The summed E-state index contributed by atoms with van der Waals surface area (Å²) in [5.41, 5.74) is 0.219. The normalized spacial score (nSPS) is 11.1. The van der Waals surface area contributed by atoms with Crippen molar-refractivity contribution in [3.8, 4) is 11.5 Å². The number of carbonyl (C=O) groups excluding carboxylic acids is 1. The van der Waals surface area contributed by atoms with E-state index in [4.69, 9.17) is 44.3 Å². The first-order chi connectivity index (χ1) is 7.38. The van der Waals surface area contributed by atoms with E-state index in [0.29, 0.717) is 11.5 Å². The molecule has 1 aromatic carbocycles. The van der Waals surface area contributed by atoms with E-state index in [1.807, 2.05) is 0 Å². The Morgan fingerprint density at radius 1 is 1.06 bits per heavy atom. The Morgan fingerprint density at radius 3 is 1.81 bits per heavy atom. The summed E-state index contributed by atoms with van der Waals surface area (Å²) in [6.07, 6.45) is 0. The van der Waals surface area contributed by atoms with Gasteiger partial charge in [-0.2, -0.15) is 0 Å². The maximum Gasteiger partial charge on any atom is 0.253 e. The Kier molecular flexibility index (Phi) is 4.30. The van der Waals surface area contributed by atoms with Crippen LogP contribution >= 0.6 is 34.8 Å². The zero-order valence-corrected chi connectivity index (χ0v) is 10.9. The molecule has 0 saturated carbocycles. The number of ether oxygens (including phenoxy) is 2. The zero-order valence-electron chi connectivity index (χ0n) is 8.59. The molecule has 0 unspecified atom stereocenters. The SMILES string of the molecule is COc1cc(OC)cc(C(=O)C(Cl)(Cl)Cl)c1. The molecule has 0 fully saturated rings. The van der Waals surface area contributed by atoms with Crippen LogP contribution in [0.4, 0.5) is 0 Å². The Labute approximate surface area is 108 Å². The summed E-state index contributed by atoms with van der Waals surface area (Å²) in [6.45, 7) is 0. The summed E-state index contributed by atoms with van der Waals surface area (Å²) in [5.74, 6) is 0.281. The summed E-state index contributed by atoms with van der Waals surface area (Å²) in [6, 6.07) is 4.58. The standard InChI is InChI=1S/C10H9Cl3O3/c1-15-7-3-6(4-8(5-7)16-2)9(14)10(11,12)13/h3-5H,1-2H3. The van der Waals surface area contributed by atoms with Crippen molar-refractivity contribution in [1.82, 2.24) is 0 Å². The molecule has 0 heterocycles. The molecular formula is C10H9Cl3O3. The lowest BCUT2D eigenvalue weighted by Crippen LogP contribution is -2.18. The van der Waals surface area contributed by atoms with Gasteiger partial charge < -0.3 is 9.47 Å². The molecule has 0 aliphatic heterocycles. The maximum atomic E-state index is 11.7. The van der Waals surface area contributed by atoms with Gasteiger partial charge in [-0.1, -0.05) is 34.8 Å². The van der Waals surface area contributed by atoms with Crippen molar-refractivity contribution < 1.29 is 14.3 Å². The highest BCUT2D eigenvalue weighted by atomic mass is 35.6. The number of rotatable bonds is 3. The average molecular weight is 284 g/mol. The van der Waals surface area contributed by atoms with Crippen LogP contribution in [0, 0.1) is 0 Å². The molecule has 88 valence electrons. The monoisotopic (exact) mass is 282 g/mol. The smallest absolute Gasteiger partial charge is 0.253 e. The number of methoxy groups -OCH3 is 2. The molecule has 1 rings (SSSR count). The molecule has 0 atom stereocenters. The van der Waals surface area contributed by atoms with Gasteiger partial charge in [0.1, 0.15) is 11.5 Å². The predicted molar refractivity (Wildman–Crippen MR) is 64.2 cm³/mol. The summed E-state index contributed by atoms with van der Waals surface area (Å²) >= 11 is 16.5. The summed E-state index contributed by atoms with van der Waals surface area (Å²) in [5, 5.41) is 0. The van der Waals surface area contributed by atoms with E-state index in [1.54, 1.807) is 6.07 Å². The minimum atomic E-state index is -1.99. The fourth-order valence-corrected chi connectivity index (χ4v) is 1.43. The highest BCUT2D eigenvalue weighted by Crippen LogP contribution is 2.33. The Morgan fingerprint density at radius 2 is 1.50 bits per heavy atom. The van der Waals surface area contributed by atoms with Gasteiger partial charge in [-0.15, -0.1) is 0 Å². The summed E-state index contributed by atoms with van der Waals surface area (Å²) in [4.78, 5) is 11.7. The first kappa shape index (κ1) is 13.4. The van der Waals surface area contributed by atoms with Gasteiger partial charge >= 0.3 is 0 Å². The molecule has 16 heavy (non-hydrogen) atoms. The first-order valence-corrected chi connectivity index (χ1v) is 5.36. The molecule has 6 heteroatoms. The number of ketones is 1. The maximum absolute atomic E-state index is 11.7. The zero-order chi connectivity index (χ0) is 12.3. The molecule has 0 aliphatic rings. The average Bonchev–Trinajstić information content (AvgIpc) is 2.26. The number of hydrogen-bond donors (Lipinski definition) is 0. The van der Waals surface area contributed by atoms with Crippen molar-refractivity contribution in [2.24, 2.45) is 0 Å². The number of alkyl halides is 3. The topological polar surface area (TPSA) is 35.5 Å². The largest absolute Gasteiger partial charge is 0.497 e. The van der Waals surface area contributed by atoms with Crippen LogP contribution in [0.2, 0.25) is 0 Å². The number of carbonyl (C=O) groups is 1. The lowest BCUT2D eigenvalue weighted by Gasteiger charge is -2.11. The summed E-state index contributed by atoms with van der Waals surface area (Å²) in [7, 11) is 2.94. The quantitative estimate of drug-likeness (QED) is 0.631. The van der Waals surface area contributed by atoms with E-state index >= 15 is 0 Å². The molecule has 3 nitrogen and oxygen atoms in total. The van der Waals surface area contributed by atoms with Gasteiger partial charge in [-0.3, -0.25) is 4.79 Å². The molecule has 0 spiro atoms. The van der Waals surface area contributed by atoms with Crippen molar-refractivity contribution in [3.63, 3.8) is 0 Å². The number of halogens is 3. The second-order valence-corrected chi connectivity index (χ2v) is 5.21. The van der Waals surface area contributed by atoms with Crippen LogP contribution in [-0.2, 0) is 0 Å². The number of benzene rings is 1. The Balaban J connectivity index is 3.18. The van der Waals surface area contributed by atoms with Crippen LogP contribution in [0.25, 0.3) is 0 Å². The summed E-state index contributed by atoms with van der Waals surface area (Å²) < 4.78 is 8.01. The Bertz CT molecular complexity index is 377. The minimum absolute atomic E-state index is 0.219. The number of hydrogen-bond acceptors (Lipinski definition) is 3.